The Morgan fingerprint density at radius 3 is 2.36 bits per heavy atom. The minimum absolute atomic E-state index is 0.0317. The first kappa shape index (κ1) is 10.1. The van der Waals surface area contributed by atoms with Gasteiger partial charge in [0.15, 0.2) is 0 Å². The van der Waals surface area contributed by atoms with E-state index in [1.54, 1.807) is 0 Å². The second-order valence-corrected chi connectivity index (χ2v) is 5.82. The van der Waals surface area contributed by atoms with E-state index in [0.29, 0.717) is 0 Å². The number of aliphatic carboxylic acids is 1. The molecule has 2 rings (SSSR count). The third kappa shape index (κ3) is 0.867. The van der Waals surface area contributed by atoms with Gasteiger partial charge >= 0.3 is 5.97 Å². The maximum absolute atomic E-state index is 11.1. The van der Waals surface area contributed by atoms with Crippen molar-refractivity contribution in [2.24, 2.45) is 22.7 Å². The molecule has 3 atom stereocenters. The molecule has 2 fully saturated rings. The Morgan fingerprint density at radius 1 is 1.50 bits per heavy atom. The molecule has 78 valence electrons. The molecule has 2 aliphatic carbocycles. The van der Waals surface area contributed by atoms with Crippen LogP contribution in [0.5, 0.6) is 0 Å². The summed E-state index contributed by atoms with van der Waals surface area (Å²) in [5.41, 5.74) is 0.0309. The highest BCUT2D eigenvalue weighted by Crippen LogP contribution is 2.66. The van der Waals surface area contributed by atoms with Gasteiger partial charge in [0, 0.05) is 10.3 Å². The van der Waals surface area contributed by atoms with Crippen molar-refractivity contribution in [3.8, 4) is 0 Å². The van der Waals surface area contributed by atoms with E-state index in [4.69, 9.17) is 17.3 Å². The second kappa shape index (κ2) is 2.57. The molecule has 0 saturated heterocycles. The average Bonchev–Trinajstić information content (AvgIpc) is 2.35. The summed E-state index contributed by atoms with van der Waals surface area (Å²) in [5.74, 6) is -0.854. The predicted octanol–water partition coefficient (Wildman–Crippen LogP) is 2.51. The Labute approximate surface area is 89.7 Å². The quantitative estimate of drug-likeness (QED) is 0.679. The van der Waals surface area contributed by atoms with Crippen molar-refractivity contribution >= 4 is 23.1 Å². The molecule has 3 heteroatoms. The van der Waals surface area contributed by atoms with E-state index < -0.39 is 5.97 Å². The minimum atomic E-state index is -0.725. The average molecular weight is 212 g/mol. The first-order chi connectivity index (χ1) is 6.32. The standard InChI is InChI=1S/C11H16O2S/c1-10(2)6-4-5-11(10,3)8(14)7(6)9(12)13/h6-7H,4-5H2,1-3H3,(H,12,13). The van der Waals surface area contributed by atoms with Crippen LogP contribution in [0.2, 0.25) is 0 Å². The lowest BCUT2D eigenvalue weighted by Gasteiger charge is -2.34. The molecule has 2 nitrogen and oxygen atoms in total. The predicted molar refractivity (Wildman–Crippen MR) is 58.3 cm³/mol. The lowest BCUT2D eigenvalue weighted by atomic mass is 9.71. The first-order valence-corrected chi connectivity index (χ1v) is 5.50. The monoisotopic (exact) mass is 212 g/mol. The molecule has 0 aromatic heterocycles. The van der Waals surface area contributed by atoms with Crippen LogP contribution in [0.15, 0.2) is 0 Å². The number of hydrogen-bond donors (Lipinski definition) is 1. The fourth-order valence-electron chi connectivity index (χ4n) is 3.37. The summed E-state index contributed by atoms with van der Waals surface area (Å²) in [6.07, 6.45) is 2.08. The zero-order valence-electron chi connectivity index (χ0n) is 8.83. The van der Waals surface area contributed by atoms with Crippen LogP contribution in [0.3, 0.4) is 0 Å². The molecule has 2 saturated carbocycles. The first-order valence-electron chi connectivity index (χ1n) is 5.09. The van der Waals surface area contributed by atoms with Crippen LogP contribution in [0, 0.1) is 22.7 Å². The Kier molecular flexibility index (Phi) is 1.85. The Balaban J connectivity index is 2.49. The second-order valence-electron chi connectivity index (χ2n) is 5.38. The Morgan fingerprint density at radius 2 is 2.07 bits per heavy atom. The van der Waals surface area contributed by atoms with Crippen molar-refractivity contribution in [2.45, 2.75) is 33.6 Å². The van der Waals surface area contributed by atoms with Gasteiger partial charge in [0.05, 0.1) is 5.92 Å². The van der Waals surface area contributed by atoms with Crippen LogP contribution in [-0.2, 0) is 4.79 Å². The van der Waals surface area contributed by atoms with E-state index in [-0.39, 0.29) is 22.7 Å². The number of rotatable bonds is 1. The molecule has 0 spiro atoms. The number of carboxylic acid groups (broad SMARTS) is 1. The van der Waals surface area contributed by atoms with E-state index in [0.717, 1.165) is 17.7 Å². The van der Waals surface area contributed by atoms with Crippen molar-refractivity contribution in [3.63, 3.8) is 0 Å². The number of carbonyl (C=O) groups is 1. The van der Waals surface area contributed by atoms with E-state index in [1.165, 1.54) is 0 Å². The van der Waals surface area contributed by atoms with E-state index >= 15 is 0 Å². The van der Waals surface area contributed by atoms with Gasteiger partial charge in [-0.25, -0.2) is 0 Å². The van der Waals surface area contributed by atoms with Gasteiger partial charge in [-0.1, -0.05) is 33.0 Å². The zero-order valence-corrected chi connectivity index (χ0v) is 9.65. The van der Waals surface area contributed by atoms with Gasteiger partial charge in [0.1, 0.15) is 0 Å². The zero-order chi connectivity index (χ0) is 10.7. The molecule has 3 unspecified atom stereocenters. The summed E-state index contributed by atoms with van der Waals surface area (Å²) in [7, 11) is 0. The van der Waals surface area contributed by atoms with Crippen molar-refractivity contribution in [3.05, 3.63) is 0 Å². The van der Waals surface area contributed by atoms with Gasteiger partial charge in [-0.15, -0.1) is 0 Å². The lowest BCUT2D eigenvalue weighted by Crippen LogP contribution is -2.34. The highest BCUT2D eigenvalue weighted by atomic mass is 32.1. The third-order valence-electron chi connectivity index (χ3n) is 4.80. The molecule has 0 aliphatic heterocycles. The number of hydrogen-bond acceptors (Lipinski definition) is 2. The van der Waals surface area contributed by atoms with Gasteiger partial charge in [0.25, 0.3) is 0 Å². The number of fused-ring (bicyclic) bond motifs is 2. The molecule has 0 aromatic carbocycles. The topological polar surface area (TPSA) is 37.3 Å². The Hall–Kier alpha value is -0.440. The summed E-state index contributed by atoms with van der Waals surface area (Å²) >= 11 is 5.35. The molecule has 14 heavy (non-hydrogen) atoms. The maximum atomic E-state index is 11.1. The van der Waals surface area contributed by atoms with Crippen molar-refractivity contribution in [1.82, 2.24) is 0 Å². The van der Waals surface area contributed by atoms with Gasteiger partial charge in [-0.05, 0) is 24.2 Å². The van der Waals surface area contributed by atoms with Crippen LogP contribution in [0.25, 0.3) is 0 Å². The molecule has 0 amide bonds. The van der Waals surface area contributed by atoms with E-state index in [2.05, 4.69) is 20.8 Å². The highest BCUT2D eigenvalue weighted by Gasteiger charge is 2.65. The van der Waals surface area contributed by atoms with Gasteiger partial charge in [-0.3, -0.25) is 4.79 Å². The summed E-state index contributed by atoms with van der Waals surface area (Å²) in [4.78, 5) is 11.9. The van der Waals surface area contributed by atoms with Crippen LogP contribution < -0.4 is 0 Å². The SMILES string of the molecule is CC12CCC(C(C(=O)O)C1=S)C2(C)C. The highest BCUT2D eigenvalue weighted by molar-refractivity contribution is 7.80. The minimum Gasteiger partial charge on any atom is -0.481 e. The molecule has 1 N–H and O–H groups in total. The molecule has 0 heterocycles. The normalized spacial score (nSPS) is 44.4. The fourth-order valence-corrected chi connectivity index (χ4v) is 4.00. The van der Waals surface area contributed by atoms with E-state index in [1.807, 2.05) is 0 Å². The molecule has 2 bridgehead atoms. The van der Waals surface area contributed by atoms with Gasteiger partial charge in [0.2, 0.25) is 0 Å². The fraction of sp³-hybridized carbons (Fsp3) is 0.818. The van der Waals surface area contributed by atoms with Crippen LogP contribution in [0.1, 0.15) is 33.6 Å². The third-order valence-corrected chi connectivity index (χ3v) is 5.50. The lowest BCUT2D eigenvalue weighted by molar-refractivity contribution is -0.141. The molecule has 0 aromatic rings. The largest absolute Gasteiger partial charge is 0.481 e. The smallest absolute Gasteiger partial charge is 0.311 e. The maximum Gasteiger partial charge on any atom is 0.311 e. The number of thiocarbonyl (C=S) groups is 1. The van der Waals surface area contributed by atoms with Crippen LogP contribution >= 0.6 is 12.2 Å². The summed E-state index contributed by atoms with van der Waals surface area (Å²) in [6.45, 7) is 6.47. The number of carboxylic acids is 1. The van der Waals surface area contributed by atoms with Gasteiger partial charge < -0.3 is 5.11 Å². The molecule has 2 aliphatic rings. The van der Waals surface area contributed by atoms with Crippen molar-refractivity contribution in [2.75, 3.05) is 0 Å². The summed E-state index contributed by atoms with van der Waals surface area (Å²) in [6, 6.07) is 0. The Bertz CT molecular complexity index is 321. The van der Waals surface area contributed by atoms with Gasteiger partial charge in [-0.2, -0.15) is 0 Å². The van der Waals surface area contributed by atoms with Crippen molar-refractivity contribution < 1.29 is 9.90 Å². The van der Waals surface area contributed by atoms with Crippen LogP contribution in [-0.4, -0.2) is 15.9 Å². The van der Waals surface area contributed by atoms with Crippen LogP contribution in [0.4, 0.5) is 0 Å². The van der Waals surface area contributed by atoms with E-state index in [9.17, 15) is 4.79 Å². The van der Waals surface area contributed by atoms with Crippen molar-refractivity contribution in [1.29, 1.82) is 0 Å². The summed E-state index contributed by atoms with van der Waals surface area (Å²) in [5, 5.41) is 9.16. The molecular weight excluding hydrogens is 196 g/mol. The molecule has 0 radical (unpaired) electrons. The molecular formula is C11H16O2S. The summed E-state index contributed by atoms with van der Waals surface area (Å²) < 4.78 is 0.